The topological polar surface area (TPSA) is 20.3 Å². The summed E-state index contributed by atoms with van der Waals surface area (Å²) >= 11 is 1.84. The second-order valence-corrected chi connectivity index (χ2v) is 9.54. The van der Waals surface area contributed by atoms with E-state index < -0.39 is 0 Å². The molecule has 0 radical (unpaired) electrons. The molecule has 1 amide bonds. The van der Waals surface area contributed by atoms with Gasteiger partial charge in [0.25, 0.3) is 0 Å². The minimum atomic E-state index is 0.0760. The van der Waals surface area contributed by atoms with Crippen molar-refractivity contribution in [3.63, 3.8) is 0 Å². The number of amides is 1. The van der Waals surface area contributed by atoms with Crippen LogP contribution in [0.25, 0.3) is 0 Å². The molecule has 3 heteroatoms. The molecule has 1 rings (SSSR count). The van der Waals surface area contributed by atoms with Crippen LogP contribution >= 0.6 is 11.8 Å². The summed E-state index contributed by atoms with van der Waals surface area (Å²) in [5.41, 5.74) is 1.39. The molecule has 1 unspecified atom stereocenters. The molecular formula is C17H31NOS. The van der Waals surface area contributed by atoms with Gasteiger partial charge in [-0.25, -0.2) is 0 Å². The van der Waals surface area contributed by atoms with Gasteiger partial charge in [0.15, 0.2) is 0 Å². The van der Waals surface area contributed by atoms with Crippen LogP contribution in [0.3, 0.4) is 0 Å². The number of hydrogen-bond acceptors (Lipinski definition) is 2. The number of carbonyl (C=O) groups is 1. The maximum atomic E-state index is 12.3. The molecule has 0 bridgehead atoms. The lowest BCUT2D eigenvalue weighted by molar-refractivity contribution is -0.126. The SMILES string of the molecule is C=C1CC(SC(C)(C)CCCC(C)(C)C)C(=O)N1CC. The van der Waals surface area contributed by atoms with Gasteiger partial charge in [0.05, 0.1) is 5.25 Å². The van der Waals surface area contributed by atoms with E-state index in [1.54, 1.807) is 0 Å². The predicted molar refractivity (Wildman–Crippen MR) is 89.9 cm³/mol. The van der Waals surface area contributed by atoms with Crippen molar-refractivity contribution in [3.05, 3.63) is 12.3 Å². The van der Waals surface area contributed by atoms with Crippen LogP contribution < -0.4 is 0 Å². The molecular weight excluding hydrogens is 266 g/mol. The molecule has 1 aliphatic heterocycles. The predicted octanol–water partition coefficient (Wildman–Crippen LogP) is 4.85. The average Bonchev–Trinajstić information content (AvgIpc) is 2.50. The van der Waals surface area contributed by atoms with Crippen molar-refractivity contribution in [3.8, 4) is 0 Å². The summed E-state index contributed by atoms with van der Waals surface area (Å²) in [7, 11) is 0. The fourth-order valence-corrected chi connectivity index (χ4v) is 4.24. The zero-order chi connectivity index (χ0) is 15.6. The van der Waals surface area contributed by atoms with E-state index in [0.29, 0.717) is 5.41 Å². The minimum Gasteiger partial charge on any atom is -0.316 e. The van der Waals surface area contributed by atoms with Crippen molar-refractivity contribution in [2.45, 2.75) is 77.2 Å². The van der Waals surface area contributed by atoms with Crippen LogP contribution in [0, 0.1) is 5.41 Å². The molecule has 20 heavy (non-hydrogen) atoms. The Labute approximate surface area is 129 Å². The number of nitrogens with zero attached hydrogens (tertiary/aromatic N) is 1. The van der Waals surface area contributed by atoms with Crippen LogP contribution in [-0.2, 0) is 4.79 Å². The number of allylic oxidation sites excluding steroid dienone is 1. The van der Waals surface area contributed by atoms with E-state index in [1.165, 1.54) is 12.8 Å². The number of carbonyl (C=O) groups excluding carboxylic acids is 1. The molecule has 1 atom stereocenters. The van der Waals surface area contributed by atoms with E-state index in [4.69, 9.17) is 0 Å². The molecule has 0 saturated carbocycles. The highest BCUT2D eigenvalue weighted by atomic mass is 32.2. The Morgan fingerprint density at radius 2 is 1.85 bits per heavy atom. The van der Waals surface area contributed by atoms with Crippen LogP contribution in [0.5, 0.6) is 0 Å². The Morgan fingerprint density at radius 1 is 1.25 bits per heavy atom. The molecule has 0 aromatic heterocycles. The summed E-state index contributed by atoms with van der Waals surface area (Å²) in [6, 6.07) is 0. The lowest BCUT2D eigenvalue weighted by Crippen LogP contribution is -2.30. The first kappa shape index (κ1) is 17.6. The smallest absolute Gasteiger partial charge is 0.240 e. The molecule has 0 aliphatic carbocycles. The van der Waals surface area contributed by atoms with Gasteiger partial charge in [0.1, 0.15) is 0 Å². The van der Waals surface area contributed by atoms with Crippen molar-refractivity contribution in [1.82, 2.24) is 4.90 Å². The zero-order valence-electron chi connectivity index (χ0n) is 14.1. The first-order valence-corrected chi connectivity index (χ1v) is 8.61. The molecule has 1 aliphatic rings. The highest BCUT2D eigenvalue weighted by Crippen LogP contribution is 2.40. The Kier molecular flexibility index (Phi) is 5.77. The summed E-state index contributed by atoms with van der Waals surface area (Å²) in [6.45, 7) is 18.2. The Morgan fingerprint density at radius 3 is 2.30 bits per heavy atom. The summed E-state index contributed by atoms with van der Waals surface area (Å²) < 4.78 is 0.162. The van der Waals surface area contributed by atoms with Gasteiger partial charge < -0.3 is 4.90 Å². The van der Waals surface area contributed by atoms with Crippen molar-refractivity contribution in [2.24, 2.45) is 5.41 Å². The maximum Gasteiger partial charge on any atom is 0.240 e. The second-order valence-electron chi connectivity index (χ2n) is 7.63. The summed E-state index contributed by atoms with van der Waals surface area (Å²) in [6.07, 6.45) is 4.45. The normalized spacial score (nSPS) is 20.9. The van der Waals surface area contributed by atoms with Gasteiger partial charge in [-0.15, -0.1) is 11.8 Å². The standard InChI is InChI=1S/C17H31NOS/c1-8-18-13(2)12-14(15(18)19)20-17(6,7)11-9-10-16(3,4)5/h14H,2,8-12H2,1,3-7H3. The van der Waals surface area contributed by atoms with Crippen molar-refractivity contribution >= 4 is 17.7 Å². The Balaban J connectivity index is 2.50. The van der Waals surface area contributed by atoms with Crippen LogP contribution in [0.15, 0.2) is 12.3 Å². The monoisotopic (exact) mass is 297 g/mol. The number of thioether (sulfide) groups is 1. The third kappa shape index (κ3) is 5.16. The van der Waals surface area contributed by atoms with Crippen molar-refractivity contribution in [1.29, 1.82) is 0 Å². The first-order valence-electron chi connectivity index (χ1n) is 7.73. The second kappa shape index (κ2) is 6.55. The molecule has 0 spiro atoms. The fraction of sp³-hybridized carbons (Fsp3) is 0.824. The molecule has 0 aromatic rings. The van der Waals surface area contributed by atoms with E-state index in [-0.39, 0.29) is 15.9 Å². The van der Waals surface area contributed by atoms with Crippen LogP contribution in [-0.4, -0.2) is 27.3 Å². The van der Waals surface area contributed by atoms with E-state index in [0.717, 1.165) is 25.1 Å². The third-order valence-electron chi connectivity index (χ3n) is 3.83. The number of rotatable bonds is 6. The molecule has 1 heterocycles. The Hall–Kier alpha value is -0.440. The third-order valence-corrected chi connectivity index (χ3v) is 5.32. The lowest BCUT2D eigenvalue weighted by atomic mass is 9.88. The zero-order valence-corrected chi connectivity index (χ0v) is 14.9. The summed E-state index contributed by atoms with van der Waals surface area (Å²) in [4.78, 5) is 14.1. The molecule has 0 aromatic carbocycles. The first-order chi connectivity index (χ1) is 9.06. The van der Waals surface area contributed by atoms with E-state index in [9.17, 15) is 4.79 Å². The van der Waals surface area contributed by atoms with Crippen LogP contribution in [0.2, 0.25) is 0 Å². The molecule has 1 saturated heterocycles. The largest absolute Gasteiger partial charge is 0.316 e. The van der Waals surface area contributed by atoms with Crippen LogP contribution in [0.1, 0.15) is 67.2 Å². The van der Waals surface area contributed by atoms with Gasteiger partial charge in [0, 0.05) is 23.4 Å². The maximum absolute atomic E-state index is 12.3. The van der Waals surface area contributed by atoms with Gasteiger partial charge in [-0.1, -0.05) is 47.6 Å². The number of hydrogen-bond donors (Lipinski definition) is 0. The van der Waals surface area contributed by atoms with E-state index in [1.807, 2.05) is 23.6 Å². The Bertz CT molecular complexity index is 368. The summed E-state index contributed by atoms with van der Waals surface area (Å²) in [5.74, 6) is 0.256. The highest BCUT2D eigenvalue weighted by Gasteiger charge is 2.37. The van der Waals surface area contributed by atoms with E-state index >= 15 is 0 Å². The van der Waals surface area contributed by atoms with Gasteiger partial charge in [0.2, 0.25) is 5.91 Å². The van der Waals surface area contributed by atoms with Gasteiger partial charge >= 0.3 is 0 Å². The quantitative estimate of drug-likeness (QED) is 0.698. The highest BCUT2D eigenvalue weighted by molar-refractivity contribution is 8.01. The van der Waals surface area contributed by atoms with Gasteiger partial charge in [-0.05, 0) is 25.2 Å². The molecule has 0 N–H and O–H groups in total. The molecule has 1 fully saturated rings. The van der Waals surface area contributed by atoms with Gasteiger partial charge in [-0.2, -0.15) is 0 Å². The summed E-state index contributed by atoms with van der Waals surface area (Å²) in [5, 5.41) is 0.0760. The van der Waals surface area contributed by atoms with Crippen molar-refractivity contribution < 1.29 is 4.79 Å². The van der Waals surface area contributed by atoms with Crippen molar-refractivity contribution in [2.75, 3.05) is 6.54 Å². The minimum absolute atomic E-state index is 0.0760. The lowest BCUT2D eigenvalue weighted by Gasteiger charge is -2.28. The fourth-order valence-electron chi connectivity index (χ4n) is 2.70. The van der Waals surface area contributed by atoms with Gasteiger partial charge in [-0.3, -0.25) is 4.79 Å². The number of likely N-dealkylation sites (tertiary alicyclic amines) is 1. The molecule has 2 nitrogen and oxygen atoms in total. The van der Waals surface area contributed by atoms with Crippen LogP contribution in [0.4, 0.5) is 0 Å². The molecule has 116 valence electrons. The van der Waals surface area contributed by atoms with E-state index in [2.05, 4.69) is 41.2 Å². The average molecular weight is 298 g/mol.